The normalized spacial score (nSPS) is 17.4. The average molecular weight is 410 g/mol. The lowest BCUT2D eigenvalue weighted by Gasteiger charge is -2.26. The highest BCUT2D eigenvalue weighted by molar-refractivity contribution is 9.10. The molecule has 0 heterocycles. The summed E-state index contributed by atoms with van der Waals surface area (Å²) in [7, 11) is 0. The van der Waals surface area contributed by atoms with E-state index in [1.807, 2.05) is 0 Å². The molecule has 0 atom stereocenters. The first kappa shape index (κ1) is 15.3. The fourth-order valence-corrected chi connectivity index (χ4v) is 4.14. The molecule has 1 fully saturated rings. The number of alkyl halides is 1. The van der Waals surface area contributed by atoms with Crippen LogP contribution in [-0.4, -0.2) is 17.8 Å². The molecule has 1 N–H and O–H groups in total. The minimum atomic E-state index is -0.0456. The molecule has 0 aromatic heterocycles. The van der Waals surface area contributed by atoms with Gasteiger partial charge in [0, 0.05) is 21.4 Å². The van der Waals surface area contributed by atoms with Crippen LogP contribution in [0, 0.1) is 5.41 Å². The highest BCUT2D eigenvalue weighted by Gasteiger charge is 2.33. The lowest BCUT2D eigenvalue weighted by Crippen LogP contribution is -2.37. The Kier molecular flexibility index (Phi) is 5.32. The molecule has 1 aromatic rings. The van der Waals surface area contributed by atoms with Gasteiger partial charge in [-0.3, -0.25) is 4.79 Å². The van der Waals surface area contributed by atoms with E-state index >= 15 is 0 Å². The van der Waals surface area contributed by atoms with E-state index in [-0.39, 0.29) is 11.3 Å². The molecule has 0 spiro atoms. The van der Waals surface area contributed by atoms with E-state index < -0.39 is 0 Å². The number of nitrogens with one attached hydrogen (secondary N) is 1. The second kappa shape index (κ2) is 6.59. The van der Waals surface area contributed by atoms with Crippen LogP contribution in [-0.2, 0) is 0 Å². The number of hydrogen-bond acceptors (Lipinski definition) is 1. The van der Waals surface area contributed by atoms with Crippen molar-refractivity contribution < 1.29 is 4.79 Å². The van der Waals surface area contributed by atoms with Gasteiger partial charge in [0.05, 0.1) is 5.56 Å². The third-order valence-electron chi connectivity index (χ3n) is 3.75. The molecule has 1 aliphatic rings. The monoisotopic (exact) mass is 407 g/mol. The van der Waals surface area contributed by atoms with Crippen LogP contribution < -0.4 is 5.32 Å². The second-order valence-corrected chi connectivity index (χ2v) is 7.00. The number of carbonyl (C=O) groups is 1. The lowest BCUT2D eigenvalue weighted by atomic mass is 9.89. The van der Waals surface area contributed by atoms with E-state index in [2.05, 4.69) is 37.2 Å². The molecular weight excluding hydrogens is 393 g/mol. The summed E-state index contributed by atoms with van der Waals surface area (Å²) in [6, 6.07) is 5.22. The number of rotatable bonds is 4. The summed E-state index contributed by atoms with van der Waals surface area (Å²) in [5.41, 5.74) is 0.862. The molecule has 1 amide bonds. The van der Waals surface area contributed by atoms with E-state index in [0.29, 0.717) is 10.6 Å². The molecule has 0 aliphatic heterocycles. The van der Waals surface area contributed by atoms with Gasteiger partial charge < -0.3 is 5.32 Å². The maximum absolute atomic E-state index is 12.2. The van der Waals surface area contributed by atoms with E-state index in [1.54, 1.807) is 18.2 Å². The van der Waals surface area contributed by atoms with Gasteiger partial charge in [0.1, 0.15) is 0 Å². The molecule has 0 unspecified atom stereocenters. The predicted octanol–water partition coefficient (Wildman–Crippen LogP) is 4.79. The number of hydrogen-bond donors (Lipinski definition) is 1. The molecule has 5 heteroatoms. The Labute approximate surface area is 135 Å². The Bertz CT molecular complexity index is 473. The van der Waals surface area contributed by atoms with Gasteiger partial charge in [-0.2, -0.15) is 0 Å². The predicted molar refractivity (Wildman–Crippen MR) is 86.2 cm³/mol. The van der Waals surface area contributed by atoms with Crippen molar-refractivity contribution in [1.82, 2.24) is 5.32 Å². The minimum absolute atomic E-state index is 0.0456. The van der Waals surface area contributed by atoms with E-state index in [9.17, 15) is 4.79 Å². The quantitative estimate of drug-likeness (QED) is 0.712. The lowest BCUT2D eigenvalue weighted by molar-refractivity contribution is 0.0935. The average Bonchev–Trinajstić information content (AvgIpc) is 2.85. The van der Waals surface area contributed by atoms with Gasteiger partial charge in [0.25, 0.3) is 5.91 Å². The number of halogens is 3. The molecule has 0 radical (unpaired) electrons. The summed E-state index contributed by atoms with van der Waals surface area (Å²) >= 11 is 12.8. The van der Waals surface area contributed by atoms with Crippen molar-refractivity contribution in [2.75, 3.05) is 11.9 Å². The zero-order valence-electron chi connectivity index (χ0n) is 10.5. The highest BCUT2D eigenvalue weighted by Crippen LogP contribution is 2.39. The van der Waals surface area contributed by atoms with E-state index in [4.69, 9.17) is 11.6 Å². The first-order valence-corrected chi connectivity index (χ1v) is 8.65. The van der Waals surface area contributed by atoms with Crippen molar-refractivity contribution in [2.24, 2.45) is 5.41 Å². The van der Waals surface area contributed by atoms with Crippen LogP contribution in [0.4, 0.5) is 0 Å². The molecule has 0 bridgehead atoms. The maximum atomic E-state index is 12.2. The molecule has 19 heavy (non-hydrogen) atoms. The first-order valence-electron chi connectivity index (χ1n) is 6.36. The minimum Gasteiger partial charge on any atom is -0.351 e. The van der Waals surface area contributed by atoms with Crippen LogP contribution in [0.15, 0.2) is 22.7 Å². The van der Waals surface area contributed by atoms with Crippen LogP contribution in [0.2, 0.25) is 5.02 Å². The molecule has 2 rings (SSSR count). The number of amides is 1. The van der Waals surface area contributed by atoms with Crippen molar-refractivity contribution in [3.63, 3.8) is 0 Å². The summed E-state index contributed by atoms with van der Waals surface area (Å²) in [5, 5.41) is 4.62. The molecule has 2 nitrogen and oxygen atoms in total. The summed E-state index contributed by atoms with van der Waals surface area (Å²) in [6.07, 6.45) is 4.87. The summed E-state index contributed by atoms with van der Waals surface area (Å²) < 4.78 is 0.733. The molecule has 104 valence electrons. The number of carbonyl (C=O) groups excluding carboxylic acids is 1. The molecule has 1 aromatic carbocycles. The van der Waals surface area contributed by atoms with Crippen molar-refractivity contribution in [3.8, 4) is 0 Å². The molecule has 1 aliphatic carbocycles. The summed E-state index contributed by atoms with van der Waals surface area (Å²) in [5.74, 6) is -0.0456. The van der Waals surface area contributed by atoms with Crippen LogP contribution in [0.1, 0.15) is 36.0 Å². The Balaban J connectivity index is 2.01. The van der Waals surface area contributed by atoms with Gasteiger partial charge in [0.15, 0.2) is 0 Å². The van der Waals surface area contributed by atoms with Gasteiger partial charge >= 0.3 is 0 Å². The van der Waals surface area contributed by atoms with Crippen LogP contribution in [0.3, 0.4) is 0 Å². The fourth-order valence-electron chi connectivity index (χ4n) is 2.52. The second-order valence-electron chi connectivity index (χ2n) is 5.15. The molecule has 0 saturated heterocycles. The smallest absolute Gasteiger partial charge is 0.252 e. The SMILES string of the molecule is O=C(NCC1(CBr)CCCC1)c1ccc(Cl)cc1Br. The van der Waals surface area contributed by atoms with Crippen LogP contribution >= 0.6 is 43.5 Å². The summed E-state index contributed by atoms with van der Waals surface area (Å²) in [6.45, 7) is 0.728. The van der Waals surface area contributed by atoms with Gasteiger partial charge in [-0.05, 0) is 52.4 Å². The third kappa shape index (κ3) is 3.73. The molecule has 1 saturated carbocycles. The summed E-state index contributed by atoms with van der Waals surface area (Å²) in [4.78, 5) is 12.2. The maximum Gasteiger partial charge on any atom is 0.252 e. The zero-order chi connectivity index (χ0) is 13.9. The van der Waals surface area contributed by atoms with Crippen LogP contribution in [0.25, 0.3) is 0 Å². The molecular formula is C14H16Br2ClNO. The Morgan fingerprint density at radius 3 is 2.63 bits per heavy atom. The van der Waals surface area contributed by atoms with Gasteiger partial charge in [-0.1, -0.05) is 40.4 Å². The van der Waals surface area contributed by atoms with E-state index in [0.717, 1.165) is 16.3 Å². The Morgan fingerprint density at radius 1 is 1.37 bits per heavy atom. The largest absolute Gasteiger partial charge is 0.351 e. The highest BCUT2D eigenvalue weighted by atomic mass is 79.9. The van der Waals surface area contributed by atoms with Crippen molar-refractivity contribution in [2.45, 2.75) is 25.7 Å². The van der Waals surface area contributed by atoms with Gasteiger partial charge in [0.2, 0.25) is 0 Å². The van der Waals surface area contributed by atoms with Gasteiger partial charge in [-0.25, -0.2) is 0 Å². The Hall–Kier alpha value is -0.0600. The number of benzene rings is 1. The third-order valence-corrected chi connectivity index (χ3v) is 5.83. The van der Waals surface area contributed by atoms with Crippen LogP contribution in [0.5, 0.6) is 0 Å². The van der Waals surface area contributed by atoms with Crippen molar-refractivity contribution in [3.05, 3.63) is 33.3 Å². The topological polar surface area (TPSA) is 29.1 Å². The standard InChI is InChI=1S/C14H16Br2ClNO/c15-8-14(5-1-2-6-14)9-18-13(19)11-4-3-10(17)7-12(11)16/h3-4,7H,1-2,5-6,8-9H2,(H,18,19). The van der Waals surface area contributed by atoms with E-state index in [1.165, 1.54) is 25.7 Å². The van der Waals surface area contributed by atoms with Crippen molar-refractivity contribution >= 4 is 49.4 Å². The van der Waals surface area contributed by atoms with Crippen molar-refractivity contribution in [1.29, 1.82) is 0 Å². The first-order chi connectivity index (χ1) is 9.06. The fraction of sp³-hybridized carbons (Fsp3) is 0.500. The Morgan fingerprint density at radius 2 is 2.05 bits per heavy atom. The zero-order valence-corrected chi connectivity index (χ0v) is 14.4. The van der Waals surface area contributed by atoms with Gasteiger partial charge in [-0.15, -0.1) is 0 Å².